The molecule has 66 valence electrons. The van der Waals surface area contributed by atoms with Gasteiger partial charge in [-0.3, -0.25) is 0 Å². The van der Waals surface area contributed by atoms with Crippen LogP contribution in [0, 0.1) is 6.92 Å². The lowest BCUT2D eigenvalue weighted by molar-refractivity contribution is 0.342. The Balaban J connectivity index is 3.09. The minimum Gasteiger partial charge on any atom is -0.492 e. The molecule has 0 unspecified atom stereocenters. The van der Waals surface area contributed by atoms with Crippen molar-refractivity contribution in [3.05, 3.63) is 17.7 Å². The van der Waals surface area contributed by atoms with Gasteiger partial charge in [0.2, 0.25) is 0 Å². The number of benzene rings is 1. The van der Waals surface area contributed by atoms with Crippen molar-refractivity contribution in [1.82, 2.24) is 0 Å². The largest absolute Gasteiger partial charge is 0.492 e. The van der Waals surface area contributed by atoms with Crippen LogP contribution in [0.2, 0.25) is 0 Å². The summed E-state index contributed by atoms with van der Waals surface area (Å²) in [5, 5.41) is 0. The van der Waals surface area contributed by atoms with Gasteiger partial charge in [0.1, 0.15) is 5.75 Å². The smallest absolute Gasteiger partial charge is 0.144 e. The second-order valence-corrected chi connectivity index (χ2v) is 2.70. The summed E-state index contributed by atoms with van der Waals surface area (Å²) in [6, 6.07) is 3.72. The molecule has 0 atom stereocenters. The molecule has 0 radical (unpaired) electrons. The number of nitrogens with two attached hydrogens (primary N) is 2. The SMILES string of the molecule is CCOc1cc(C)cc(N)c1N. The number of nitrogen functional groups attached to an aromatic ring is 2. The quantitative estimate of drug-likeness (QED) is 0.655. The third-order valence-corrected chi connectivity index (χ3v) is 1.62. The minimum atomic E-state index is 0.530. The zero-order valence-corrected chi connectivity index (χ0v) is 7.42. The molecule has 0 amide bonds. The first-order valence-corrected chi connectivity index (χ1v) is 3.93. The van der Waals surface area contributed by atoms with E-state index in [2.05, 4.69) is 0 Å². The van der Waals surface area contributed by atoms with Crippen LogP contribution in [0.15, 0.2) is 12.1 Å². The maximum Gasteiger partial charge on any atom is 0.144 e. The summed E-state index contributed by atoms with van der Waals surface area (Å²) in [5.41, 5.74) is 13.5. The second kappa shape index (κ2) is 3.34. The van der Waals surface area contributed by atoms with Crippen molar-refractivity contribution in [2.24, 2.45) is 0 Å². The van der Waals surface area contributed by atoms with Crippen LogP contribution in [0.4, 0.5) is 11.4 Å². The van der Waals surface area contributed by atoms with E-state index in [1.165, 1.54) is 0 Å². The van der Waals surface area contributed by atoms with Gasteiger partial charge in [0.15, 0.2) is 0 Å². The molecule has 0 heterocycles. The molecular weight excluding hydrogens is 152 g/mol. The van der Waals surface area contributed by atoms with Gasteiger partial charge in [0.05, 0.1) is 18.0 Å². The first kappa shape index (κ1) is 8.71. The van der Waals surface area contributed by atoms with Gasteiger partial charge in [0, 0.05) is 0 Å². The predicted molar refractivity (Wildman–Crippen MR) is 51.2 cm³/mol. The molecule has 0 bridgehead atoms. The fraction of sp³-hybridized carbons (Fsp3) is 0.333. The summed E-state index contributed by atoms with van der Waals surface area (Å²) in [7, 11) is 0. The van der Waals surface area contributed by atoms with Gasteiger partial charge < -0.3 is 16.2 Å². The molecule has 4 N–H and O–H groups in total. The highest BCUT2D eigenvalue weighted by Gasteiger charge is 2.03. The van der Waals surface area contributed by atoms with Gasteiger partial charge in [-0.05, 0) is 31.5 Å². The Morgan fingerprint density at radius 3 is 2.58 bits per heavy atom. The highest BCUT2D eigenvalue weighted by atomic mass is 16.5. The summed E-state index contributed by atoms with van der Waals surface area (Å²) < 4.78 is 5.29. The molecule has 0 aliphatic rings. The number of hydrogen-bond donors (Lipinski definition) is 2. The first-order valence-electron chi connectivity index (χ1n) is 3.93. The second-order valence-electron chi connectivity index (χ2n) is 2.70. The van der Waals surface area contributed by atoms with Crippen molar-refractivity contribution >= 4 is 11.4 Å². The lowest BCUT2D eigenvalue weighted by atomic mass is 10.2. The molecule has 1 aromatic rings. The van der Waals surface area contributed by atoms with Crippen LogP contribution < -0.4 is 16.2 Å². The highest BCUT2D eigenvalue weighted by Crippen LogP contribution is 2.28. The lowest BCUT2D eigenvalue weighted by Crippen LogP contribution is -2.01. The Labute approximate surface area is 72.3 Å². The molecular formula is C9H14N2O. The average Bonchev–Trinajstić information content (AvgIpc) is 2.00. The number of hydrogen-bond acceptors (Lipinski definition) is 3. The lowest BCUT2D eigenvalue weighted by Gasteiger charge is -2.09. The van der Waals surface area contributed by atoms with E-state index in [1.54, 1.807) is 0 Å². The van der Waals surface area contributed by atoms with E-state index in [4.69, 9.17) is 16.2 Å². The van der Waals surface area contributed by atoms with E-state index in [0.29, 0.717) is 23.7 Å². The molecule has 0 saturated heterocycles. The van der Waals surface area contributed by atoms with Gasteiger partial charge in [0.25, 0.3) is 0 Å². The molecule has 0 saturated carbocycles. The molecule has 1 rings (SSSR count). The Morgan fingerprint density at radius 2 is 2.00 bits per heavy atom. The monoisotopic (exact) mass is 166 g/mol. The first-order chi connectivity index (χ1) is 5.65. The zero-order valence-electron chi connectivity index (χ0n) is 7.42. The molecule has 3 nitrogen and oxygen atoms in total. The maximum absolute atomic E-state index is 5.69. The van der Waals surface area contributed by atoms with Crippen LogP contribution in [0.25, 0.3) is 0 Å². The van der Waals surface area contributed by atoms with Gasteiger partial charge in [-0.25, -0.2) is 0 Å². The molecule has 12 heavy (non-hydrogen) atoms. The van der Waals surface area contributed by atoms with Crippen LogP contribution in [0.1, 0.15) is 12.5 Å². The Hall–Kier alpha value is -1.38. The van der Waals surface area contributed by atoms with E-state index < -0.39 is 0 Å². The predicted octanol–water partition coefficient (Wildman–Crippen LogP) is 1.56. The highest BCUT2D eigenvalue weighted by molar-refractivity contribution is 5.71. The zero-order chi connectivity index (χ0) is 9.14. The van der Waals surface area contributed by atoms with Gasteiger partial charge >= 0.3 is 0 Å². The molecule has 0 fully saturated rings. The number of ether oxygens (including phenoxy) is 1. The van der Waals surface area contributed by atoms with Crippen molar-refractivity contribution in [2.75, 3.05) is 18.1 Å². The third kappa shape index (κ3) is 1.61. The van der Waals surface area contributed by atoms with Crippen LogP contribution in [0.3, 0.4) is 0 Å². The van der Waals surface area contributed by atoms with Crippen LogP contribution >= 0.6 is 0 Å². The van der Waals surface area contributed by atoms with E-state index >= 15 is 0 Å². The van der Waals surface area contributed by atoms with Gasteiger partial charge in [-0.2, -0.15) is 0 Å². The van der Waals surface area contributed by atoms with E-state index in [-0.39, 0.29) is 0 Å². The topological polar surface area (TPSA) is 61.3 Å². The Bertz CT molecular complexity index is 284. The van der Waals surface area contributed by atoms with E-state index in [0.717, 1.165) is 5.56 Å². The molecule has 1 aromatic carbocycles. The number of anilines is 2. The fourth-order valence-corrected chi connectivity index (χ4v) is 1.07. The summed E-state index contributed by atoms with van der Waals surface area (Å²) in [6.07, 6.45) is 0. The Morgan fingerprint density at radius 1 is 1.33 bits per heavy atom. The van der Waals surface area contributed by atoms with E-state index in [1.807, 2.05) is 26.0 Å². The van der Waals surface area contributed by atoms with Gasteiger partial charge in [-0.1, -0.05) is 0 Å². The summed E-state index contributed by atoms with van der Waals surface area (Å²) >= 11 is 0. The van der Waals surface area contributed by atoms with Crippen molar-refractivity contribution in [1.29, 1.82) is 0 Å². The van der Waals surface area contributed by atoms with Crippen molar-refractivity contribution in [3.63, 3.8) is 0 Å². The summed E-state index contributed by atoms with van der Waals surface area (Å²) in [4.78, 5) is 0. The maximum atomic E-state index is 5.69. The van der Waals surface area contributed by atoms with Crippen LogP contribution in [-0.2, 0) is 0 Å². The fourth-order valence-electron chi connectivity index (χ4n) is 1.07. The molecule has 0 aliphatic heterocycles. The van der Waals surface area contributed by atoms with Crippen molar-refractivity contribution in [2.45, 2.75) is 13.8 Å². The standard InChI is InChI=1S/C9H14N2O/c1-3-12-8-5-6(2)4-7(10)9(8)11/h4-5H,3,10-11H2,1-2H3. The average molecular weight is 166 g/mol. The summed E-state index contributed by atoms with van der Waals surface area (Å²) in [5.74, 6) is 0.676. The van der Waals surface area contributed by atoms with Crippen LogP contribution in [-0.4, -0.2) is 6.61 Å². The van der Waals surface area contributed by atoms with Crippen LogP contribution in [0.5, 0.6) is 5.75 Å². The Kier molecular flexibility index (Phi) is 2.43. The third-order valence-electron chi connectivity index (χ3n) is 1.62. The van der Waals surface area contributed by atoms with E-state index in [9.17, 15) is 0 Å². The van der Waals surface area contributed by atoms with Crippen molar-refractivity contribution in [3.8, 4) is 5.75 Å². The molecule has 0 aliphatic carbocycles. The molecule has 3 heteroatoms. The molecule has 0 aromatic heterocycles. The normalized spacial score (nSPS) is 9.83. The molecule has 0 spiro atoms. The van der Waals surface area contributed by atoms with Gasteiger partial charge in [-0.15, -0.1) is 0 Å². The minimum absolute atomic E-state index is 0.530. The summed E-state index contributed by atoms with van der Waals surface area (Å²) in [6.45, 7) is 4.48. The van der Waals surface area contributed by atoms with Crippen molar-refractivity contribution < 1.29 is 4.74 Å². The number of aryl methyl sites for hydroxylation is 1. The number of rotatable bonds is 2.